The van der Waals surface area contributed by atoms with Gasteiger partial charge in [-0.2, -0.15) is 0 Å². The molecule has 15 heteroatoms. The van der Waals surface area contributed by atoms with Crippen LogP contribution in [0.2, 0.25) is 0 Å². The number of hydrogen-bond donors (Lipinski definition) is 4. The lowest BCUT2D eigenvalue weighted by Crippen LogP contribution is -2.41. The minimum atomic E-state index is -1.49. The van der Waals surface area contributed by atoms with Gasteiger partial charge in [-0.05, 0) is 23.8 Å². The van der Waals surface area contributed by atoms with Gasteiger partial charge in [-0.3, -0.25) is 9.36 Å². The topological polar surface area (TPSA) is 203 Å². The first-order valence-corrected chi connectivity index (χ1v) is 14.5. The van der Waals surface area contributed by atoms with Gasteiger partial charge in [0.2, 0.25) is 5.75 Å². The molecular formula is C31H37N5O10. The summed E-state index contributed by atoms with van der Waals surface area (Å²) in [6.45, 7) is 3.19. The van der Waals surface area contributed by atoms with Crippen LogP contribution < -0.4 is 29.4 Å². The van der Waals surface area contributed by atoms with E-state index in [1.165, 1.54) is 38.6 Å². The van der Waals surface area contributed by atoms with Crippen LogP contribution in [-0.4, -0.2) is 93.2 Å². The Labute approximate surface area is 264 Å². The fourth-order valence-electron chi connectivity index (χ4n) is 5.39. The normalized spacial score (nSPS) is 20.7. The van der Waals surface area contributed by atoms with Gasteiger partial charge in [0, 0.05) is 17.9 Å². The van der Waals surface area contributed by atoms with Crippen LogP contribution in [0.5, 0.6) is 28.7 Å². The number of hydrogen-bond acceptors (Lipinski definition) is 14. The first-order valence-electron chi connectivity index (χ1n) is 14.5. The van der Waals surface area contributed by atoms with Crippen LogP contribution in [0.3, 0.4) is 0 Å². The second-order valence-electron chi connectivity index (χ2n) is 10.6. The summed E-state index contributed by atoms with van der Waals surface area (Å²) in [5, 5.41) is 32.9. The summed E-state index contributed by atoms with van der Waals surface area (Å²) < 4.78 is 35.6. The molecule has 1 aliphatic rings. The predicted octanol–water partition coefficient (Wildman–Crippen LogP) is 1.96. The van der Waals surface area contributed by atoms with Gasteiger partial charge in [0.25, 0.3) is 0 Å². The number of nitrogens with two attached hydrogens (primary N) is 1. The third-order valence-electron chi connectivity index (χ3n) is 7.89. The Morgan fingerprint density at radius 1 is 1.02 bits per heavy atom. The van der Waals surface area contributed by atoms with Crippen molar-refractivity contribution in [1.29, 1.82) is 0 Å². The van der Waals surface area contributed by atoms with Gasteiger partial charge in [0.05, 0.1) is 27.7 Å². The van der Waals surface area contributed by atoms with Crippen molar-refractivity contribution in [2.24, 2.45) is 0 Å². The zero-order chi connectivity index (χ0) is 33.1. The molecule has 0 saturated carbocycles. The third kappa shape index (κ3) is 6.09. The number of carbonyl (C=O) groups is 1. The van der Waals surface area contributed by atoms with Gasteiger partial charge in [-0.25, -0.2) is 15.0 Å². The zero-order valence-electron chi connectivity index (χ0n) is 26.0. The van der Waals surface area contributed by atoms with Crippen LogP contribution in [0, 0.1) is 0 Å². The van der Waals surface area contributed by atoms with E-state index in [1.807, 2.05) is 6.92 Å². The number of para-hydroxylation sites is 1. The quantitative estimate of drug-likeness (QED) is 0.129. The first-order chi connectivity index (χ1) is 22.1. The maximum absolute atomic E-state index is 12.3. The van der Waals surface area contributed by atoms with E-state index in [1.54, 1.807) is 37.3 Å². The number of methoxy groups -OCH3 is 3. The van der Waals surface area contributed by atoms with E-state index in [9.17, 15) is 20.1 Å². The van der Waals surface area contributed by atoms with Crippen LogP contribution in [0.4, 0.5) is 5.82 Å². The third-order valence-corrected chi connectivity index (χ3v) is 7.89. The largest absolute Gasteiger partial charge is 0.493 e. The van der Waals surface area contributed by atoms with Crippen LogP contribution >= 0.6 is 0 Å². The molecule has 46 heavy (non-hydrogen) atoms. The summed E-state index contributed by atoms with van der Waals surface area (Å²) in [4.78, 5) is 24.6. The summed E-state index contributed by atoms with van der Waals surface area (Å²) in [5.74, 6) is 0.976. The highest BCUT2D eigenvalue weighted by Crippen LogP contribution is 2.44. The highest BCUT2D eigenvalue weighted by atomic mass is 16.6. The lowest BCUT2D eigenvalue weighted by molar-refractivity contribution is -0.134. The monoisotopic (exact) mass is 639 g/mol. The summed E-state index contributed by atoms with van der Waals surface area (Å²) in [5.41, 5.74) is 7.86. The number of nitrogen functional groups attached to an aromatic ring is 1. The lowest BCUT2D eigenvalue weighted by atomic mass is 9.91. The van der Waals surface area contributed by atoms with E-state index in [0.717, 1.165) is 5.56 Å². The van der Waals surface area contributed by atoms with Gasteiger partial charge < -0.3 is 49.5 Å². The maximum Gasteiger partial charge on any atom is 0.311 e. The van der Waals surface area contributed by atoms with Gasteiger partial charge in [0.15, 0.2) is 40.7 Å². The van der Waals surface area contributed by atoms with E-state index < -0.39 is 43.2 Å². The number of ether oxygens (including phenoxy) is 6. The lowest BCUT2D eigenvalue weighted by Gasteiger charge is -2.24. The maximum atomic E-state index is 12.3. The number of esters is 1. The molecule has 6 atom stereocenters. The number of fused-ring (bicyclic) bond motifs is 1. The molecule has 0 radical (unpaired) electrons. The van der Waals surface area contributed by atoms with Crippen molar-refractivity contribution in [3.8, 4) is 28.7 Å². The van der Waals surface area contributed by atoms with E-state index in [2.05, 4.69) is 15.0 Å². The molecular weight excluding hydrogens is 602 g/mol. The number of anilines is 1. The average Bonchev–Trinajstić information content (AvgIpc) is 3.63. The molecule has 246 valence electrons. The Bertz CT molecular complexity index is 1670. The van der Waals surface area contributed by atoms with E-state index in [-0.39, 0.29) is 35.3 Å². The number of imidazole rings is 1. The van der Waals surface area contributed by atoms with Crippen molar-refractivity contribution >= 4 is 23.0 Å². The smallest absolute Gasteiger partial charge is 0.311 e. The number of carbonyl (C=O) groups excluding carboxylic acids is 1. The van der Waals surface area contributed by atoms with Crippen LogP contribution in [0.15, 0.2) is 43.0 Å². The second kappa shape index (κ2) is 13.7. The van der Waals surface area contributed by atoms with E-state index >= 15 is 0 Å². The van der Waals surface area contributed by atoms with Crippen molar-refractivity contribution in [3.05, 3.63) is 54.1 Å². The number of nitrogens with zero attached hydrogens (tertiary/aromatic N) is 4. The van der Waals surface area contributed by atoms with Gasteiger partial charge >= 0.3 is 5.97 Å². The van der Waals surface area contributed by atoms with Crippen LogP contribution in [0.25, 0.3) is 11.2 Å². The SMILES string of the molecule is CCC(=O)Oc1cccc(C(C)c2cc(OC)c(OC)c(OC)c2)c1OCC(O)[C@H]1O[C@@H](n2cnc3c(N)ncnc32)[C@H](O)[C@@H]1O. The van der Waals surface area contributed by atoms with Crippen LogP contribution in [-0.2, 0) is 9.53 Å². The Hall–Kier alpha value is -4.70. The Kier molecular flexibility index (Phi) is 9.76. The van der Waals surface area contributed by atoms with Crippen molar-refractivity contribution in [2.45, 2.75) is 56.8 Å². The molecule has 0 spiro atoms. The van der Waals surface area contributed by atoms with Crippen molar-refractivity contribution < 1.29 is 48.5 Å². The zero-order valence-corrected chi connectivity index (χ0v) is 26.0. The Morgan fingerprint density at radius 2 is 1.74 bits per heavy atom. The number of aromatic nitrogens is 4. The molecule has 3 heterocycles. The second-order valence-corrected chi connectivity index (χ2v) is 10.6. The van der Waals surface area contributed by atoms with Crippen molar-refractivity contribution in [1.82, 2.24) is 19.5 Å². The summed E-state index contributed by atoms with van der Waals surface area (Å²) in [7, 11) is 4.55. The molecule has 5 rings (SSSR count). The highest BCUT2D eigenvalue weighted by Gasteiger charge is 2.47. The van der Waals surface area contributed by atoms with Crippen LogP contribution in [0.1, 0.15) is 43.5 Å². The van der Waals surface area contributed by atoms with Crippen molar-refractivity contribution in [3.63, 3.8) is 0 Å². The van der Waals surface area contributed by atoms with E-state index in [0.29, 0.717) is 28.3 Å². The predicted molar refractivity (Wildman–Crippen MR) is 163 cm³/mol. The molecule has 2 unspecified atom stereocenters. The molecule has 0 amide bonds. The number of rotatable bonds is 12. The molecule has 0 bridgehead atoms. The fourth-order valence-corrected chi connectivity index (χ4v) is 5.39. The molecule has 0 aliphatic carbocycles. The fraction of sp³-hybridized carbons (Fsp3) is 0.419. The average molecular weight is 640 g/mol. The highest BCUT2D eigenvalue weighted by molar-refractivity contribution is 5.81. The van der Waals surface area contributed by atoms with Gasteiger partial charge in [-0.15, -0.1) is 0 Å². The molecule has 15 nitrogen and oxygen atoms in total. The molecule has 2 aromatic heterocycles. The van der Waals surface area contributed by atoms with E-state index in [4.69, 9.17) is 34.2 Å². The molecule has 1 saturated heterocycles. The van der Waals surface area contributed by atoms with Crippen molar-refractivity contribution in [2.75, 3.05) is 33.7 Å². The summed E-state index contributed by atoms with van der Waals surface area (Å²) >= 11 is 0. The number of aliphatic hydroxyl groups is 3. The molecule has 1 fully saturated rings. The molecule has 5 N–H and O–H groups in total. The minimum absolute atomic E-state index is 0.121. The first kappa shape index (κ1) is 32.7. The molecule has 4 aromatic rings. The molecule has 2 aromatic carbocycles. The number of benzene rings is 2. The Balaban J connectivity index is 1.42. The number of aliphatic hydroxyl groups excluding tert-OH is 3. The summed E-state index contributed by atoms with van der Waals surface area (Å²) in [6, 6.07) is 8.72. The molecule has 1 aliphatic heterocycles. The minimum Gasteiger partial charge on any atom is -0.493 e. The van der Waals surface area contributed by atoms with Gasteiger partial charge in [-0.1, -0.05) is 26.0 Å². The summed E-state index contributed by atoms with van der Waals surface area (Å²) in [6.07, 6.45) is -4.05. The standard InChI is InChI=1S/C31H37N5O10/c1-6-22(38)45-19-9-7-8-17(15(2)16-10-20(41-3)28(43-5)21(11-16)42-4)26(19)44-12-18(37)27-24(39)25(40)31(46-27)36-14-35-23-29(32)33-13-34-30(23)36/h7-11,13-15,18,24-25,27,31,37,39-40H,6,12H2,1-5H3,(H2,32,33,34)/t15?,18?,24-,25+,27+,31+/m0/s1. The Morgan fingerprint density at radius 3 is 2.39 bits per heavy atom. The van der Waals surface area contributed by atoms with Gasteiger partial charge in [0.1, 0.15) is 42.9 Å².